The van der Waals surface area contributed by atoms with Gasteiger partial charge >= 0.3 is 0 Å². The molecular weight excluding hydrogens is 270 g/mol. The Kier molecular flexibility index (Phi) is 6.20. The molecule has 0 radical (unpaired) electrons. The van der Waals surface area contributed by atoms with Gasteiger partial charge in [0.15, 0.2) is 0 Å². The molecule has 1 aromatic carbocycles. The van der Waals surface area contributed by atoms with Crippen molar-refractivity contribution in [3.05, 3.63) is 29.3 Å². The summed E-state index contributed by atoms with van der Waals surface area (Å²) in [4.78, 5) is 0. The molecular formula is C16H25NO2S. The Morgan fingerprint density at radius 2 is 2.25 bits per heavy atom. The van der Waals surface area contributed by atoms with E-state index in [-0.39, 0.29) is 0 Å². The summed E-state index contributed by atoms with van der Waals surface area (Å²) in [7, 11) is 3.41. The van der Waals surface area contributed by atoms with E-state index in [1.165, 1.54) is 24.2 Å². The van der Waals surface area contributed by atoms with Crippen molar-refractivity contribution in [3.8, 4) is 5.75 Å². The van der Waals surface area contributed by atoms with Crippen molar-refractivity contribution < 1.29 is 9.47 Å². The quantitative estimate of drug-likeness (QED) is 0.835. The van der Waals surface area contributed by atoms with Crippen molar-refractivity contribution in [2.24, 2.45) is 0 Å². The van der Waals surface area contributed by atoms with E-state index in [1.807, 2.05) is 6.07 Å². The number of rotatable bonds is 7. The Hall–Kier alpha value is -0.710. The van der Waals surface area contributed by atoms with Crippen LogP contribution in [0.25, 0.3) is 0 Å². The number of methoxy groups -OCH3 is 2. The van der Waals surface area contributed by atoms with E-state index in [2.05, 4.69) is 36.1 Å². The molecule has 1 aromatic rings. The molecule has 1 heterocycles. The van der Waals surface area contributed by atoms with E-state index in [4.69, 9.17) is 9.47 Å². The SMILES string of the molecule is COCc1cc(C(C)NCC2CCCS2)ccc1OC. The number of ether oxygens (including phenoxy) is 2. The summed E-state index contributed by atoms with van der Waals surface area (Å²) in [6, 6.07) is 6.71. The third kappa shape index (κ3) is 4.14. The lowest BCUT2D eigenvalue weighted by Gasteiger charge is -2.19. The summed E-state index contributed by atoms with van der Waals surface area (Å²) < 4.78 is 10.6. The van der Waals surface area contributed by atoms with Crippen molar-refractivity contribution in [2.75, 3.05) is 26.5 Å². The lowest BCUT2D eigenvalue weighted by atomic mass is 10.0. The Morgan fingerprint density at radius 1 is 1.40 bits per heavy atom. The number of hydrogen-bond donors (Lipinski definition) is 1. The highest BCUT2D eigenvalue weighted by molar-refractivity contribution is 8.00. The lowest BCUT2D eigenvalue weighted by molar-refractivity contribution is 0.181. The molecule has 1 N–H and O–H groups in total. The second kappa shape index (κ2) is 7.91. The van der Waals surface area contributed by atoms with E-state index >= 15 is 0 Å². The second-order valence-corrected chi connectivity index (χ2v) is 6.68. The number of thioether (sulfide) groups is 1. The van der Waals surface area contributed by atoms with Crippen LogP contribution in [-0.4, -0.2) is 31.8 Å². The van der Waals surface area contributed by atoms with Crippen molar-refractivity contribution in [2.45, 2.75) is 37.7 Å². The summed E-state index contributed by atoms with van der Waals surface area (Å²) in [5.74, 6) is 2.22. The molecule has 1 aliphatic rings. The van der Waals surface area contributed by atoms with Gasteiger partial charge in [0.2, 0.25) is 0 Å². The fraction of sp³-hybridized carbons (Fsp3) is 0.625. The fourth-order valence-corrected chi connectivity index (χ4v) is 3.78. The molecule has 20 heavy (non-hydrogen) atoms. The molecule has 4 heteroatoms. The number of benzene rings is 1. The molecule has 0 aliphatic carbocycles. The minimum Gasteiger partial charge on any atom is -0.496 e. The first-order chi connectivity index (χ1) is 9.74. The van der Waals surface area contributed by atoms with Crippen LogP contribution >= 0.6 is 11.8 Å². The average Bonchev–Trinajstić information content (AvgIpc) is 2.98. The first-order valence-corrected chi connectivity index (χ1v) is 8.30. The molecule has 1 saturated heterocycles. The molecule has 0 bridgehead atoms. The normalized spacial score (nSPS) is 20.1. The highest BCUT2D eigenvalue weighted by Crippen LogP contribution is 2.27. The molecule has 2 rings (SSSR count). The highest BCUT2D eigenvalue weighted by atomic mass is 32.2. The monoisotopic (exact) mass is 295 g/mol. The summed E-state index contributed by atoms with van der Waals surface area (Å²) in [5, 5.41) is 4.43. The minimum atomic E-state index is 0.359. The topological polar surface area (TPSA) is 30.5 Å². The van der Waals surface area contributed by atoms with Crippen molar-refractivity contribution in [1.82, 2.24) is 5.32 Å². The van der Waals surface area contributed by atoms with Gasteiger partial charge in [0.05, 0.1) is 13.7 Å². The third-order valence-corrected chi connectivity index (χ3v) is 5.18. The maximum absolute atomic E-state index is 5.37. The second-order valence-electron chi connectivity index (χ2n) is 5.27. The van der Waals surface area contributed by atoms with Crippen molar-refractivity contribution >= 4 is 11.8 Å². The standard InChI is InChI=1S/C16H25NO2S/c1-12(17-10-15-5-4-8-20-15)13-6-7-16(19-3)14(9-13)11-18-2/h6-7,9,12,15,17H,4-5,8,10-11H2,1-3H3. The van der Waals surface area contributed by atoms with Gasteiger partial charge in [0.25, 0.3) is 0 Å². The molecule has 2 unspecified atom stereocenters. The molecule has 1 aliphatic heterocycles. The maximum atomic E-state index is 5.37. The summed E-state index contributed by atoms with van der Waals surface area (Å²) in [6.07, 6.45) is 2.72. The van der Waals surface area contributed by atoms with Crippen LogP contribution in [0.1, 0.15) is 36.9 Å². The molecule has 0 aromatic heterocycles. The maximum Gasteiger partial charge on any atom is 0.124 e. The van der Waals surface area contributed by atoms with Gasteiger partial charge in [0, 0.05) is 30.5 Å². The molecule has 0 amide bonds. The fourth-order valence-electron chi connectivity index (χ4n) is 2.57. The van der Waals surface area contributed by atoms with Gasteiger partial charge in [-0.1, -0.05) is 6.07 Å². The molecule has 112 valence electrons. The Bertz CT molecular complexity index is 419. The highest BCUT2D eigenvalue weighted by Gasteiger charge is 2.17. The largest absolute Gasteiger partial charge is 0.496 e. The van der Waals surface area contributed by atoms with E-state index in [0.717, 1.165) is 23.1 Å². The third-order valence-electron chi connectivity index (χ3n) is 3.78. The predicted molar refractivity (Wildman–Crippen MR) is 85.6 cm³/mol. The first kappa shape index (κ1) is 15.7. The Morgan fingerprint density at radius 3 is 2.90 bits per heavy atom. The van der Waals surface area contributed by atoms with Gasteiger partial charge in [-0.25, -0.2) is 0 Å². The Labute approximate surface area is 126 Å². The lowest BCUT2D eigenvalue weighted by Crippen LogP contribution is -2.26. The Balaban J connectivity index is 1.97. The smallest absolute Gasteiger partial charge is 0.124 e. The van der Waals surface area contributed by atoms with E-state index in [1.54, 1.807) is 14.2 Å². The zero-order chi connectivity index (χ0) is 14.4. The van der Waals surface area contributed by atoms with Crippen LogP contribution in [0.4, 0.5) is 0 Å². The number of nitrogens with one attached hydrogen (secondary N) is 1. The zero-order valence-electron chi connectivity index (χ0n) is 12.6. The van der Waals surface area contributed by atoms with Gasteiger partial charge < -0.3 is 14.8 Å². The summed E-state index contributed by atoms with van der Waals surface area (Å²) >= 11 is 2.09. The average molecular weight is 295 g/mol. The first-order valence-electron chi connectivity index (χ1n) is 7.25. The van der Waals surface area contributed by atoms with E-state index < -0.39 is 0 Å². The van der Waals surface area contributed by atoms with Gasteiger partial charge in [0.1, 0.15) is 5.75 Å². The van der Waals surface area contributed by atoms with Gasteiger partial charge in [-0.05, 0) is 43.2 Å². The van der Waals surface area contributed by atoms with E-state index in [9.17, 15) is 0 Å². The van der Waals surface area contributed by atoms with Crippen LogP contribution in [-0.2, 0) is 11.3 Å². The van der Waals surface area contributed by atoms with E-state index in [0.29, 0.717) is 12.6 Å². The zero-order valence-corrected chi connectivity index (χ0v) is 13.5. The predicted octanol–water partition coefficient (Wildman–Crippen LogP) is 3.39. The van der Waals surface area contributed by atoms with Crippen LogP contribution in [0.2, 0.25) is 0 Å². The molecule has 2 atom stereocenters. The van der Waals surface area contributed by atoms with Gasteiger partial charge in [-0.15, -0.1) is 0 Å². The summed E-state index contributed by atoms with van der Waals surface area (Å²) in [5.41, 5.74) is 2.40. The molecule has 3 nitrogen and oxygen atoms in total. The van der Waals surface area contributed by atoms with Crippen LogP contribution in [0.15, 0.2) is 18.2 Å². The molecule has 0 spiro atoms. The van der Waals surface area contributed by atoms with Crippen molar-refractivity contribution in [3.63, 3.8) is 0 Å². The summed E-state index contributed by atoms with van der Waals surface area (Å²) in [6.45, 7) is 3.90. The van der Waals surface area contributed by atoms with Crippen LogP contribution in [0.5, 0.6) is 5.75 Å². The van der Waals surface area contributed by atoms with Gasteiger partial charge in [-0.2, -0.15) is 11.8 Å². The van der Waals surface area contributed by atoms with Crippen LogP contribution in [0, 0.1) is 0 Å². The van der Waals surface area contributed by atoms with Gasteiger partial charge in [-0.3, -0.25) is 0 Å². The van der Waals surface area contributed by atoms with Crippen LogP contribution in [0.3, 0.4) is 0 Å². The van der Waals surface area contributed by atoms with Crippen LogP contribution < -0.4 is 10.1 Å². The number of hydrogen-bond acceptors (Lipinski definition) is 4. The molecule has 1 fully saturated rings. The van der Waals surface area contributed by atoms with Crippen molar-refractivity contribution in [1.29, 1.82) is 0 Å². The molecule has 0 saturated carbocycles. The minimum absolute atomic E-state index is 0.359.